The number of ether oxygens (including phenoxy) is 1. The molecular formula is C25H30N4O3. The Morgan fingerprint density at radius 1 is 1.12 bits per heavy atom. The molecule has 168 valence electrons. The van der Waals surface area contributed by atoms with Gasteiger partial charge in [-0.05, 0) is 83.5 Å². The number of hydrogen-bond acceptors (Lipinski definition) is 6. The molecule has 2 aromatic carbocycles. The maximum absolute atomic E-state index is 13.5. The molecule has 0 saturated carbocycles. The number of rotatable bonds is 3. The zero-order chi connectivity index (χ0) is 22.9. The van der Waals surface area contributed by atoms with Gasteiger partial charge in [0.05, 0.1) is 11.1 Å². The molecule has 4 rings (SSSR count). The topological polar surface area (TPSA) is 87.6 Å². The van der Waals surface area contributed by atoms with Crippen LogP contribution in [0.5, 0.6) is 5.75 Å². The van der Waals surface area contributed by atoms with E-state index in [1.165, 1.54) is 0 Å². The van der Waals surface area contributed by atoms with E-state index in [2.05, 4.69) is 5.32 Å². The second kappa shape index (κ2) is 8.74. The molecule has 1 aromatic heterocycles. The maximum Gasteiger partial charge on any atom is 0.416 e. The molecule has 7 heteroatoms. The highest BCUT2D eigenvalue weighted by Gasteiger charge is 2.33. The number of carbonyl (C=O) groups excluding carboxylic acids is 1. The van der Waals surface area contributed by atoms with Gasteiger partial charge in [0.2, 0.25) is 0 Å². The van der Waals surface area contributed by atoms with E-state index >= 15 is 0 Å². The van der Waals surface area contributed by atoms with Gasteiger partial charge in [-0.3, -0.25) is 4.90 Å². The number of anilines is 1. The number of nitrogens with one attached hydrogen (secondary N) is 1. The van der Waals surface area contributed by atoms with Crippen molar-refractivity contribution in [2.45, 2.75) is 52.2 Å². The summed E-state index contributed by atoms with van der Waals surface area (Å²) in [7, 11) is 0. The second-order valence-electron chi connectivity index (χ2n) is 9.24. The van der Waals surface area contributed by atoms with E-state index in [9.17, 15) is 9.90 Å². The Hall–Kier alpha value is -3.19. The summed E-state index contributed by atoms with van der Waals surface area (Å²) in [6, 6.07) is 12.8. The van der Waals surface area contributed by atoms with Crippen LogP contribution in [0.3, 0.4) is 0 Å². The van der Waals surface area contributed by atoms with E-state index in [0.717, 1.165) is 42.4 Å². The van der Waals surface area contributed by atoms with Gasteiger partial charge in [-0.1, -0.05) is 18.2 Å². The number of aryl methyl sites for hydroxylation is 1. The number of phenolic OH excluding ortho intramolecular Hbond substituents is 1. The molecule has 1 amide bonds. The summed E-state index contributed by atoms with van der Waals surface area (Å²) in [5, 5.41) is 14.6. The van der Waals surface area contributed by atoms with E-state index in [4.69, 9.17) is 14.7 Å². The maximum atomic E-state index is 13.5. The number of amides is 1. The minimum atomic E-state index is -0.637. The molecule has 1 fully saturated rings. The Balaban J connectivity index is 1.93. The van der Waals surface area contributed by atoms with Crippen LogP contribution in [0.1, 0.15) is 39.2 Å². The molecule has 0 aliphatic carbocycles. The number of piperidine rings is 1. The summed E-state index contributed by atoms with van der Waals surface area (Å²) >= 11 is 0. The van der Waals surface area contributed by atoms with E-state index in [-0.39, 0.29) is 11.8 Å². The van der Waals surface area contributed by atoms with E-state index in [1.807, 2.05) is 52.0 Å². The summed E-state index contributed by atoms with van der Waals surface area (Å²) in [4.78, 5) is 24.7. The summed E-state index contributed by atoms with van der Waals surface area (Å²) in [6.07, 6.45) is 1.17. The largest absolute Gasteiger partial charge is 0.507 e. The van der Waals surface area contributed by atoms with Gasteiger partial charge in [0, 0.05) is 11.4 Å². The summed E-state index contributed by atoms with van der Waals surface area (Å²) in [5.41, 5.74) is 1.65. The molecule has 0 bridgehead atoms. The molecule has 0 spiro atoms. The Labute approximate surface area is 188 Å². The number of phenols is 1. The lowest BCUT2D eigenvalue weighted by atomic mass is 10.0. The van der Waals surface area contributed by atoms with Crippen molar-refractivity contribution in [2.75, 3.05) is 18.0 Å². The summed E-state index contributed by atoms with van der Waals surface area (Å²) in [6.45, 7) is 9.22. The van der Waals surface area contributed by atoms with Crippen molar-refractivity contribution in [3.8, 4) is 17.1 Å². The predicted molar refractivity (Wildman–Crippen MR) is 126 cm³/mol. The van der Waals surface area contributed by atoms with Crippen LogP contribution < -0.4 is 10.2 Å². The minimum absolute atomic E-state index is 0.0530. The Morgan fingerprint density at radius 3 is 2.53 bits per heavy atom. The fourth-order valence-corrected chi connectivity index (χ4v) is 3.97. The molecule has 2 heterocycles. The van der Waals surface area contributed by atoms with Crippen LogP contribution in [0.15, 0.2) is 42.5 Å². The van der Waals surface area contributed by atoms with Crippen LogP contribution in [-0.2, 0) is 4.74 Å². The van der Waals surface area contributed by atoms with Crippen LogP contribution >= 0.6 is 0 Å². The fourth-order valence-electron chi connectivity index (χ4n) is 3.97. The minimum Gasteiger partial charge on any atom is -0.507 e. The standard InChI is InChI=1S/C25H30N4O3/c1-16-9-10-18-20(15-16)27-22(19-7-5-6-8-21(19)30)28-23(18)29(17-11-13-26-14-12-17)24(31)32-25(2,3)4/h5-10,15,17,26,30H,11-14H2,1-4H3. The van der Waals surface area contributed by atoms with Crippen LogP contribution in [0.25, 0.3) is 22.3 Å². The van der Waals surface area contributed by atoms with Crippen LogP contribution in [0, 0.1) is 6.92 Å². The predicted octanol–water partition coefficient (Wildman–Crippen LogP) is 4.80. The number of benzene rings is 2. The number of fused-ring (bicyclic) bond motifs is 1. The first-order chi connectivity index (χ1) is 15.2. The number of aromatic hydroxyl groups is 1. The van der Waals surface area contributed by atoms with Crippen LogP contribution in [0.2, 0.25) is 0 Å². The van der Waals surface area contributed by atoms with Crippen molar-refractivity contribution in [2.24, 2.45) is 0 Å². The third kappa shape index (κ3) is 4.67. The van der Waals surface area contributed by atoms with E-state index in [0.29, 0.717) is 17.2 Å². The monoisotopic (exact) mass is 434 g/mol. The molecule has 1 saturated heterocycles. The average Bonchev–Trinajstić information content (AvgIpc) is 2.73. The molecule has 7 nitrogen and oxygen atoms in total. The van der Waals surface area contributed by atoms with Gasteiger partial charge in [-0.2, -0.15) is 0 Å². The highest BCUT2D eigenvalue weighted by molar-refractivity contribution is 6.00. The molecule has 0 radical (unpaired) electrons. The first-order valence-corrected chi connectivity index (χ1v) is 11.0. The number of para-hydroxylation sites is 1. The Bertz CT molecular complexity index is 1130. The van der Waals surface area contributed by atoms with Crippen molar-refractivity contribution in [3.63, 3.8) is 0 Å². The number of hydrogen-bond donors (Lipinski definition) is 2. The third-order valence-corrected chi connectivity index (χ3v) is 5.47. The van der Waals surface area contributed by atoms with Gasteiger partial charge in [0.25, 0.3) is 0 Å². The average molecular weight is 435 g/mol. The first-order valence-electron chi connectivity index (χ1n) is 11.0. The summed E-state index contributed by atoms with van der Waals surface area (Å²) < 4.78 is 5.81. The number of nitrogens with zero attached hydrogens (tertiary/aromatic N) is 3. The molecule has 0 unspecified atom stereocenters. The Morgan fingerprint density at radius 2 is 1.84 bits per heavy atom. The highest BCUT2D eigenvalue weighted by Crippen LogP contribution is 2.34. The van der Waals surface area contributed by atoms with Crippen molar-refractivity contribution in [1.82, 2.24) is 15.3 Å². The van der Waals surface area contributed by atoms with Gasteiger partial charge in [0.1, 0.15) is 17.2 Å². The molecule has 0 atom stereocenters. The Kier molecular flexibility index (Phi) is 6.02. The summed E-state index contributed by atoms with van der Waals surface area (Å²) in [5.74, 6) is 0.976. The van der Waals surface area contributed by atoms with Gasteiger partial charge in [-0.25, -0.2) is 14.8 Å². The quantitative estimate of drug-likeness (QED) is 0.615. The SMILES string of the molecule is Cc1ccc2c(N(C(=O)OC(C)(C)C)C3CCNCC3)nc(-c3ccccc3O)nc2c1. The zero-order valence-electron chi connectivity index (χ0n) is 19.1. The second-order valence-corrected chi connectivity index (χ2v) is 9.24. The third-order valence-electron chi connectivity index (χ3n) is 5.47. The van der Waals surface area contributed by atoms with E-state index in [1.54, 1.807) is 23.1 Å². The molecule has 3 aromatic rings. The van der Waals surface area contributed by atoms with Crippen LogP contribution in [0.4, 0.5) is 10.6 Å². The van der Waals surface area contributed by atoms with Crippen LogP contribution in [-0.4, -0.2) is 45.9 Å². The molecule has 32 heavy (non-hydrogen) atoms. The smallest absolute Gasteiger partial charge is 0.416 e. The van der Waals surface area contributed by atoms with Crippen molar-refractivity contribution in [3.05, 3.63) is 48.0 Å². The fraction of sp³-hybridized carbons (Fsp3) is 0.400. The lowest BCUT2D eigenvalue weighted by molar-refractivity contribution is 0.0558. The normalized spacial score (nSPS) is 15.0. The van der Waals surface area contributed by atoms with E-state index < -0.39 is 11.7 Å². The van der Waals surface area contributed by atoms with Gasteiger partial charge >= 0.3 is 6.09 Å². The number of aromatic nitrogens is 2. The van der Waals surface area contributed by atoms with Crippen molar-refractivity contribution in [1.29, 1.82) is 0 Å². The van der Waals surface area contributed by atoms with Gasteiger partial charge in [-0.15, -0.1) is 0 Å². The lowest BCUT2D eigenvalue weighted by Gasteiger charge is -2.35. The van der Waals surface area contributed by atoms with Crippen molar-refractivity contribution < 1.29 is 14.6 Å². The lowest BCUT2D eigenvalue weighted by Crippen LogP contribution is -2.48. The van der Waals surface area contributed by atoms with Gasteiger partial charge in [0.15, 0.2) is 5.82 Å². The zero-order valence-corrected chi connectivity index (χ0v) is 19.1. The highest BCUT2D eigenvalue weighted by atomic mass is 16.6. The molecular weight excluding hydrogens is 404 g/mol. The first kappa shape index (κ1) is 22.0. The molecule has 1 aliphatic rings. The van der Waals surface area contributed by atoms with Gasteiger partial charge < -0.3 is 15.2 Å². The number of carbonyl (C=O) groups is 1. The molecule has 1 aliphatic heterocycles. The van der Waals surface area contributed by atoms with Crippen molar-refractivity contribution >= 4 is 22.8 Å². The molecule has 2 N–H and O–H groups in total.